The third-order valence-electron chi connectivity index (χ3n) is 3.28. The van der Waals surface area contributed by atoms with Crippen molar-refractivity contribution in [3.8, 4) is 0 Å². The number of unbranched alkanes of at least 4 members (excludes halogenated alkanes) is 1. The van der Waals surface area contributed by atoms with Crippen molar-refractivity contribution in [2.24, 2.45) is 5.92 Å². The molecule has 4 nitrogen and oxygen atoms in total. The van der Waals surface area contributed by atoms with Crippen molar-refractivity contribution >= 4 is 11.8 Å². The Kier molecular flexibility index (Phi) is 7.55. The van der Waals surface area contributed by atoms with Crippen molar-refractivity contribution in [2.75, 3.05) is 6.61 Å². The Balaban J connectivity index is 2.34. The van der Waals surface area contributed by atoms with Crippen molar-refractivity contribution in [1.82, 2.24) is 4.98 Å². The first-order valence-electron chi connectivity index (χ1n) is 7.27. The number of nitrogens with zero attached hydrogens (tertiary/aromatic N) is 1. The minimum absolute atomic E-state index is 0.235. The molecule has 1 aromatic heterocycles. The minimum Gasteiger partial charge on any atom is -0.465 e. The van der Waals surface area contributed by atoms with Crippen LogP contribution in [0.25, 0.3) is 0 Å². The Labute approximate surface area is 120 Å². The quantitative estimate of drug-likeness (QED) is 0.394. The highest BCUT2D eigenvalue weighted by atomic mass is 16.5. The number of ketones is 1. The average Bonchev–Trinajstić information content (AvgIpc) is 2.48. The van der Waals surface area contributed by atoms with E-state index in [2.05, 4.69) is 18.8 Å². The summed E-state index contributed by atoms with van der Waals surface area (Å²) in [6.07, 6.45) is 5.64. The predicted octanol–water partition coefficient (Wildman–Crippen LogP) is 3.41. The normalized spacial score (nSPS) is 11.9. The van der Waals surface area contributed by atoms with E-state index in [1.54, 1.807) is 18.2 Å². The molecule has 0 amide bonds. The summed E-state index contributed by atoms with van der Waals surface area (Å²) in [6.45, 7) is 4.64. The molecular formula is C16H23NO3. The van der Waals surface area contributed by atoms with Crippen molar-refractivity contribution in [3.05, 3.63) is 30.1 Å². The summed E-state index contributed by atoms with van der Waals surface area (Å²) < 4.78 is 5.20. The Morgan fingerprint density at radius 1 is 1.30 bits per heavy atom. The van der Waals surface area contributed by atoms with E-state index in [9.17, 15) is 9.59 Å². The maximum absolute atomic E-state index is 11.8. The molecule has 20 heavy (non-hydrogen) atoms. The number of carbonyl (C=O) groups excluding carboxylic acids is 2. The van der Waals surface area contributed by atoms with E-state index in [-0.39, 0.29) is 12.2 Å². The van der Waals surface area contributed by atoms with Crippen molar-refractivity contribution in [3.63, 3.8) is 0 Å². The molecule has 1 heterocycles. The van der Waals surface area contributed by atoms with Crippen LogP contribution in [0.15, 0.2) is 24.4 Å². The van der Waals surface area contributed by atoms with Gasteiger partial charge in [-0.05, 0) is 24.5 Å². The van der Waals surface area contributed by atoms with Gasteiger partial charge in [-0.3, -0.25) is 14.6 Å². The van der Waals surface area contributed by atoms with Crippen LogP contribution >= 0.6 is 0 Å². The molecule has 4 heteroatoms. The summed E-state index contributed by atoms with van der Waals surface area (Å²) in [4.78, 5) is 27.4. The molecule has 110 valence electrons. The largest absolute Gasteiger partial charge is 0.465 e. The Morgan fingerprint density at radius 3 is 2.70 bits per heavy atom. The third kappa shape index (κ3) is 5.95. The van der Waals surface area contributed by atoms with Gasteiger partial charge in [0.05, 0.1) is 6.61 Å². The number of aromatic nitrogens is 1. The lowest BCUT2D eigenvalue weighted by molar-refractivity contribution is -0.144. The van der Waals surface area contributed by atoms with Crippen LogP contribution < -0.4 is 0 Å². The highest BCUT2D eigenvalue weighted by molar-refractivity contribution is 6.04. The van der Waals surface area contributed by atoms with E-state index in [0.717, 1.165) is 25.7 Å². The van der Waals surface area contributed by atoms with Gasteiger partial charge in [0.25, 0.3) is 0 Å². The number of Topliss-reactive ketones (excluding diaryl/α,β-unsaturated/α-hetero) is 1. The van der Waals surface area contributed by atoms with Crippen LogP contribution in [0.4, 0.5) is 0 Å². The molecule has 0 aliphatic heterocycles. The van der Waals surface area contributed by atoms with Gasteiger partial charge in [0.15, 0.2) is 5.78 Å². The Hall–Kier alpha value is -1.71. The molecule has 0 radical (unpaired) electrons. The number of pyridine rings is 1. The van der Waals surface area contributed by atoms with Crippen LogP contribution in [0.3, 0.4) is 0 Å². The zero-order valence-electron chi connectivity index (χ0n) is 12.3. The van der Waals surface area contributed by atoms with E-state index >= 15 is 0 Å². The first kappa shape index (κ1) is 16.3. The first-order valence-corrected chi connectivity index (χ1v) is 7.27. The standard InChI is InChI=1S/C16H23NO3/c1-3-5-8-13(4-2)12-20-16(19)11-15(18)14-9-6-7-10-17-14/h6-7,9-10,13H,3-5,8,11-12H2,1-2H3. The number of rotatable bonds is 9. The topological polar surface area (TPSA) is 56.3 Å². The van der Waals surface area contributed by atoms with Gasteiger partial charge in [-0.25, -0.2) is 0 Å². The third-order valence-corrected chi connectivity index (χ3v) is 3.28. The number of carbonyl (C=O) groups is 2. The van der Waals surface area contributed by atoms with Gasteiger partial charge in [-0.2, -0.15) is 0 Å². The van der Waals surface area contributed by atoms with E-state index in [1.807, 2.05) is 0 Å². The SMILES string of the molecule is CCCCC(CC)COC(=O)CC(=O)c1ccccn1. The van der Waals surface area contributed by atoms with E-state index < -0.39 is 5.97 Å². The van der Waals surface area contributed by atoms with Crippen LogP contribution in [0, 0.1) is 5.92 Å². The second-order valence-corrected chi connectivity index (χ2v) is 4.91. The van der Waals surface area contributed by atoms with Crippen LogP contribution in [0.5, 0.6) is 0 Å². The fourth-order valence-electron chi connectivity index (χ4n) is 1.91. The van der Waals surface area contributed by atoms with Crippen LogP contribution in [-0.4, -0.2) is 23.3 Å². The van der Waals surface area contributed by atoms with E-state index in [1.165, 1.54) is 6.20 Å². The van der Waals surface area contributed by atoms with Gasteiger partial charge in [0.2, 0.25) is 0 Å². The number of esters is 1. The lowest BCUT2D eigenvalue weighted by Crippen LogP contribution is -2.17. The van der Waals surface area contributed by atoms with Gasteiger partial charge in [-0.1, -0.05) is 39.2 Å². The second-order valence-electron chi connectivity index (χ2n) is 4.91. The Bertz CT molecular complexity index is 417. The zero-order chi connectivity index (χ0) is 14.8. The zero-order valence-corrected chi connectivity index (χ0v) is 12.3. The fraction of sp³-hybridized carbons (Fsp3) is 0.562. The molecule has 0 N–H and O–H groups in total. The summed E-state index contributed by atoms with van der Waals surface area (Å²) >= 11 is 0. The molecule has 0 spiro atoms. The molecule has 1 aromatic rings. The second kappa shape index (κ2) is 9.23. The van der Waals surface area contributed by atoms with Crippen molar-refractivity contribution < 1.29 is 14.3 Å². The monoisotopic (exact) mass is 277 g/mol. The van der Waals surface area contributed by atoms with E-state index in [0.29, 0.717) is 18.2 Å². The molecule has 0 saturated heterocycles. The summed E-state index contributed by atoms with van der Waals surface area (Å²) in [5.74, 6) is -0.364. The predicted molar refractivity (Wildman–Crippen MR) is 77.4 cm³/mol. The van der Waals surface area contributed by atoms with E-state index in [4.69, 9.17) is 4.74 Å². The molecular weight excluding hydrogens is 254 g/mol. The molecule has 0 aromatic carbocycles. The first-order chi connectivity index (χ1) is 9.67. The fourth-order valence-corrected chi connectivity index (χ4v) is 1.91. The maximum atomic E-state index is 11.8. The number of hydrogen-bond acceptors (Lipinski definition) is 4. The number of ether oxygens (including phenoxy) is 1. The number of hydrogen-bond donors (Lipinski definition) is 0. The highest BCUT2D eigenvalue weighted by Crippen LogP contribution is 2.13. The minimum atomic E-state index is -0.462. The molecule has 0 bridgehead atoms. The lowest BCUT2D eigenvalue weighted by Gasteiger charge is -2.14. The Morgan fingerprint density at radius 2 is 2.10 bits per heavy atom. The molecule has 1 atom stereocenters. The van der Waals surface area contributed by atoms with Gasteiger partial charge in [0.1, 0.15) is 12.1 Å². The summed E-state index contributed by atoms with van der Waals surface area (Å²) in [6, 6.07) is 5.06. The van der Waals surface area contributed by atoms with Crippen molar-refractivity contribution in [2.45, 2.75) is 46.0 Å². The van der Waals surface area contributed by atoms with Crippen LogP contribution in [-0.2, 0) is 9.53 Å². The smallest absolute Gasteiger partial charge is 0.313 e. The molecule has 0 fully saturated rings. The maximum Gasteiger partial charge on any atom is 0.313 e. The molecule has 0 aliphatic rings. The average molecular weight is 277 g/mol. The van der Waals surface area contributed by atoms with Gasteiger partial charge < -0.3 is 4.74 Å². The highest BCUT2D eigenvalue weighted by Gasteiger charge is 2.15. The lowest BCUT2D eigenvalue weighted by atomic mass is 10.0. The molecule has 1 rings (SSSR count). The summed E-state index contributed by atoms with van der Waals surface area (Å²) in [7, 11) is 0. The summed E-state index contributed by atoms with van der Waals surface area (Å²) in [5, 5.41) is 0. The molecule has 0 saturated carbocycles. The summed E-state index contributed by atoms with van der Waals surface area (Å²) in [5.41, 5.74) is 0.308. The molecule has 0 aliphatic carbocycles. The van der Waals surface area contributed by atoms with Crippen LogP contribution in [0.2, 0.25) is 0 Å². The van der Waals surface area contributed by atoms with Crippen LogP contribution in [0.1, 0.15) is 56.4 Å². The van der Waals surface area contributed by atoms with Gasteiger partial charge in [0, 0.05) is 6.20 Å². The van der Waals surface area contributed by atoms with Crippen molar-refractivity contribution in [1.29, 1.82) is 0 Å². The van der Waals surface area contributed by atoms with Gasteiger partial charge in [-0.15, -0.1) is 0 Å². The van der Waals surface area contributed by atoms with Gasteiger partial charge >= 0.3 is 5.97 Å². The molecule has 1 unspecified atom stereocenters.